The summed E-state index contributed by atoms with van der Waals surface area (Å²) in [5.41, 5.74) is 0.903. The Balaban J connectivity index is 2.49. The number of amides is 1. The monoisotopic (exact) mass is 260 g/mol. The molecule has 0 saturated heterocycles. The first-order chi connectivity index (χ1) is 9.17. The van der Waals surface area contributed by atoms with Crippen LogP contribution >= 0.6 is 0 Å². The number of esters is 1. The van der Waals surface area contributed by atoms with Gasteiger partial charge in [0.1, 0.15) is 12.5 Å². The molecule has 1 aromatic carbocycles. The normalized spacial score (nSPS) is 11.2. The molecule has 0 heterocycles. The van der Waals surface area contributed by atoms with Crippen LogP contribution in [0.25, 0.3) is 0 Å². The number of nitrogens with one attached hydrogen (secondary N) is 1. The highest BCUT2D eigenvalue weighted by Gasteiger charge is 2.19. The van der Waals surface area contributed by atoms with Crippen LogP contribution in [-0.4, -0.2) is 25.0 Å². The molecular weight excluding hydrogens is 244 g/mol. The largest absolute Gasteiger partial charge is 0.465 e. The minimum atomic E-state index is -0.808. The first kappa shape index (κ1) is 14.7. The average Bonchev–Trinajstić information content (AvgIpc) is 2.43. The highest BCUT2D eigenvalue weighted by molar-refractivity contribution is 5.85. The van der Waals surface area contributed by atoms with Crippen molar-refractivity contribution in [1.82, 2.24) is 5.32 Å². The lowest BCUT2D eigenvalue weighted by atomic mass is 10.00. The van der Waals surface area contributed by atoms with Gasteiger partial charge in [0.25, 0.3) is 0 Å². The minimum absolute atomic E-state index is 0.209. The van der Waals surface area contributed by atoms with Gasteiger partial charge in [0.2, 0.25) is 5.91 Å². The first-order valence-electron chi connectivity index (χ1n) is 6.04. The Morgan fingerprint density at radius 2 is 2.05 bits per heavy atom. The number of hydrogen-bond acceptors (Lipinski definition) is 4. The molecule has 0 aliphatic rings. The lowest BCUT2D eigenvalue weighted by Crippen LogP contribution is -2.35. The molecule has 0 fully saturated rings. The lowest BCUT2D eigenvalue weighted by molar-refractivity contribution is -0.143. The van der Waals surface area contributed by atoms with E-state index in [0.29, 0.717) is 6.42 Å². The zero-order valence-corrected chi connectivity index (χ0v) is 10.8. The van der Waals surface area contributed by atoms with Crippen molar-refractivity contribution in [1.29, 1.82) is 5.26 Å². The van der Waals surface area contributed by atoms with Crippen LogP contribution < -0.4 is 5.32 Å². The third-order valence-electron chi connectivity index (χ3n) is 2.47. The van der Waals surface area contributed by atoms with Gasteiger partial charge in [0.15, 0.2) is 0 Å². The molecule has 1 amide bonds. The standard InChI is InChI=1S/C14H16N2O3/c1-2-19-13(17)10-16-14(18)12(9-15)8-11-6-4-3-5-7-11/h3-7,12H,2,8,10H2,1H3,(H,16,18). The summed E-state index contributed by atoms with van der Waals surface area (Å²) >= 11 is 0. The zero-order chi connectivity index (χ0) is 14.1. The van der Waals surface area contributed by atoms with Crippen molar-refractivity contribution in [3.63, 3.8) is 0 Å². The van der Waals surface area contributed by atoms with Crippen LogP contribution in [0, 0.1) is 17.2 Å². The van der Waals surface area contributed by atoms with E-state index in [1.165, 1.54) is 0 Å². The van der Waals surface area contributed by atoms with Gasteiger partial charge >= 0.3 is 5.97 Å². The Morgan fingerprint density at radius 1 is 1.37 bits per heavy atom. The second-order valence-electron chi connectivity index (χ2n) is 3.89. The van der Waals surface area contributed by atoms with Crippen molar-refractivity contribution in [3.05, 3.63) is 35.9 Å². The molecule has 1 atom stereocenters. The van der Waals surface area contributed by atoms with Gasteiger partial charge in [-0.25, -0.2) is 0 Å². The Hall–Kier alpha value is -2.35. The molecule has 5 nitrogen and oxygen atoms in total. The van der Waals surface area contributed by atoms with E-state index in [2.05, 4.69) is 10.1 Å². The summed E-state index contributed by atoms with van der Waals surface area (Å²) in [6, 6.07) is 11.2. The maximum absolute atomic E-state index is 11.7. The summed E-state index contributed by atoms with van der Waals surface area (Å²) < 4.78 is 4.69. The molecule has 1 rings (SSSR count). The number of ether oxygens (including phenoxy) is 1. The quantitative estimate of drug-likeness (QED) is 0.775. The molecule has 0 spiro atoms. The molecular formula is C14H16N2O3. The van der Waals surface area contributed by atoms with Gasteiger partial charge in [-0.2, -0.15) is 5.26 Å². The molecule has 1 unspecified atom stereocenters. The van der Waals surface area contributed by atoms with Crippen molar-refractivity contribution in [2.45, 2.75) is 13.3 Å². The number of hydrogen-bond donors (Lipinski definition) is 1. The SMILES string of the molecule is CCOC(=O)CNC(=O)C(C#N)Cc1ccccc1. The van der Waals surface area contributed by atoms with E-state index in [1.54, 1.807) is 6.92 Å². The number of nitriles is 1. The molecule has 100 valence electrons. The van der Waals surface area contributed by atoms with E-state index in [-0.39, 0.29) is 13.2 Å². The number of rotatable bonds is 6. The Morgan fingerprint density at radius 3 is 2.63 bits per heavy atom. The van der Waals surface area contributed by atoms with Crippen molar-refractivity contribution >= 4 is 11.9 Å². The van der Waals surface area contributed by atoms with Gasteiger partial charge in [-0.05, 0) is 18.9 Å². The molecule has 1 N–H and O–H groups in total. The molecule has 1 aromatic rings. The molecule has 0 aromatic heterocycles. The Kier molecular flexibility index (Phi) is 6.10. The Bertz CT molecular complexity index is 465. The van der Waals surface area contributed by atoms with Crippen molar-refractivity contribution in [2.24, 2.45) is 5.92 Å². The van der Waals surface area contributed by atoms with Crippen LogP contribution in [0.15, 0.2) is 30.3 Å². The van der Waals surface area contributed by atoms with E-state index < -0.39 is 17.8 Å². The van der Waals surface area contributed by atoms with Crippen LogP contribution in [0.5, 0.6) is 0 Å². The van der Waals surface area contributed by atoms with Gasteiger partial charge in [-0.15, -0.1) is 0 Å². The molecule has 0 bridgehead atoms. The topological polar surface area (TPSA) is 79.2 Å². The predicted molar refractivity (Wildman–Crippen MR) is 68.9 cm³/mol. The Labute approximate surface area is 112 Å². The summed E-state index contributed by atoms with van der Waals surface area (Å²) in [5.74, 6) is -1.77. The van der Waals surface area contributed by atoms with Crippen molar-refractivity contribution < 1.29 is 14.3 Å². The molecule has 0 saturated carbocycles. The van der Waals surface area contributed by atoms with Gasteiger partial charge < -0.3 is 10.1 Å². The van der Waals surface area contributed by atoms with E-state index in [0.717, 1.165) is 5.56 Å². The molecule has 19 heavy (non-hydrogen) atoms. The highest BCUT2D eigenvalue weighted by Crippen LogP contribution is 2.08. The fourth-order valence-electron chi connectivity index (χ4n) is 1.54. The fourth-order valence-corrected chi connectivity index (χ4v) is 1.54. The lowest BCUT2D eigenvalue weighted by Gasteiger charge is -2.09. The second-order valence-corrected chi connectivity index (χ2v) is 3.89. The molecule has 0 aliphatic carbocycles. The van der Waals surface area contributed by atoms with E-state index in [1.807, 2.05) is 36.4 Å². The average molecular weight is 260 g/mol. The summed E-state index contributed by atoms with van der Waals surface area (Å²) in [6.07, 6.45) is 0.325. The maximum atomic E-state index is 11.7. The summed E-state index contributed by atoms with van der Waals surface area (Å²) in [4.78, 5) is 22.8. The number of nitrogens with zero attached hydrogens (tertiary/aromatic N) is 1. The summed E-state index contributed by atoms with van der Waals surface area (Å²) in [5, 5.41) is 11.4. The number of carbonyl (C=O) groups is 2. The fraction of sp³-hybridized carbons (Fsp3) is 0.357. The van der Waals surface area contributed by atoms with Gasteiger partial charge in [0, 0.05) is 0 Å². The van der Waals surface area contributed by atoms with Gasteiger partial charge in [-0.3, -0.25) is 9.59 Å². The maximum Gasteiger partial charge on any atom is 0.325 e. The first-order valence-corrected chi connectivity index (χ1v) is 6.04. The third kappa shape index (κ3) is 5.21. The highest BCUT2D eigenvalue weighted by atomic mass is 16.5. The van der Waals surface area contributed by atoms with Crippen LogP contribution in [-0.2, 0) is 20.7 Å². The second kappa shape index (κ2) is 7.88. The van der Waals surface area contributed by atoms with Gasteiger partial charge in [-0.1, -0.05) is 30.3 Å². The third-order valence-corrected chi connectivity index (χ3v) is 2.47. The molecule has 0 aliphatic heterocycles. The van der Waals surface area contributed by atoms with Crippen molar-refractivity contribution in [2.75, 3.05) is 13.2 Å². The molecule has 0 radical (unpaired) electrons. The minimum Gasteiger partial charge on any atom is -0.465 e. The van der Waals surface area contributed by atoms with Crippen LogP contribution in [0.3, 0.4) is 0 Å². The van der Waals surface area contributed by atoms with Crippen LogP contribution in [0.1, 0.15) is 12.5 Å². The van der Waals surface area contributed by atoms with Gasteiger partial charge in [0.05, 0.1) is 12.7 Å². The summed E-state index contributed by atoms with van der Waals surface area (Å²) in [7, 11) is 0. The number of carbonyl (C=O) groups excluding carboxylic acids is 2. The summed E-state index contributed by atoms with van der Waals surface area (Å²) in [6.45, 7) is 1.74. The van der Waals surface area contributed by atoms with E-state index >= 15 is 0 Å². The zero-order valence-electron chi connectivity index (χ0n) is 10.8. The van der Waals surface area contributed by atoms with Crippen LogP contribution in [0.2, 0.25) is 0 Å². The predicted octanol–water partition coefficient (Wildman–Crippen LogP) is 1.05. The van der Waals surface area contributed by atoms with E-state index in [4.69, 9.17) is 5.26 Å². The van der Waals surface area contributed by atoms with Crippen LogP contribution in [0.4, 0.5) is 0 Å². The van der Waals surface area contributed by atoms with Crippen molar-refractivity contribution in [3.8, 4) is 6.07 Å². The molecule has 5 heteroatoms. The number of benzene rings is 1. The smallest absolute Gasteiger partial charge is 0.325 e. The van der Waals surface area contributed by atoms with E-state index in [9.17, 15) is 9.59 Å².